The van der Waals surface area contributed by atoms with Crippen molar-refractivity contribution < 1.29 is 32.9 Å². The van der Waals surface area contributed by atoms with Crippen molar-refractivity contribution in [2.45, 2.75) is 142 Å². The predicted molar refractivity (Wildman–Crippen MR) is 182 cm³/mol. The molecule has 0 saturated heterocycles. The summed E-state index contributed by atoms with van der Waals surface area (Å²) in [4.78, 5) is 25.0. The molecule has 0 aromatic rings. The number of allylic oxidation sites excluding steroid dienone is 5. The number of aliphatic hydroxyl groups is 1. The molecule has 0 fully saturated rings. The minimum atomic E-state index is -4.58. The lowest BCUT2D eigenvalue weighted by molar-refractivity contribution is -0.870. The average Bonchev–Trinajstić information content (AvgIpc) is 2.95. The first-order valence-corrected chi connectivity index (χ1v) is 18.8. The molecular formula is C35H67N2O6P. The van der Waals surface area contributed by atoms with E-state index in [9.17, 15) is 19.4 Å². The minimum absolute atomic E-state index is 0.00887. The SMILES string of the molecule is CCCCC/C=C/CC/C=C/C(O)C(COP(=O)([O-])OCC[N+](C)(C)C)NC(=O)CCCCCCC/C=C\CCCCCC. The Bertz CT molecular complexity index is 825. The van der Waals surface area contributed by atoms with Gasteiger partial charge in [-0.25, -0.2) is 0 Å². The Balaban J connectivity index is 4.63. The van der Waals surface area contributed by atoms with Gasteiger partial charge in [0.25, 0.3) is 7.82 Å². The van der Waals surface area contributed by atoms with Crippen LogP contribution in [0.15, 0.2) is 36.5 Å². The summed E-state index contributed by atoms with van der Waals surface area (Å²) in [5, 5.41) is 13.6. The molecule has 0 aromatic carbocycles. The zero-order chi connectivity index (χ0) is 32.9. The van der Waals surface area contributed by atoms with E-state index in [-0.39, 0.29) is 12.5 Å². The van der Waals surface area contributed by atoms with Gasteiger partial charge in [0.15, 0.2) is 0 Å². The molecule has 1 amide bonds. The molecule has 9 heteroatoms. The highest BCUT2D eigenvalue weighted by Crippen LogP contribution is 2.38. The Morgan fingerprint density at radius 2 is 1.27 bits per heavy atom. The van der Waals surface area contributed by atoms with Crippen molar-refractivity contribution in [3.63, 3.8) is 0 Å². The number of amides is 1. The summed E-state index contributed by atoms with van der Waals surface area (Å²) in [6.45, 7) is 4.50. The van der Waals surface area contributed by atoms with Gasteiger partial charge >= 0.3 is 0 Å². The molecule has 2 N–H and O–H groups in total. The van der Waals surface area contributed by atoms with Crippen molar-refractivity contribution in [3.05, 3.63) is 36.5 Å². The molecule has 8 nitrogen and oxygen atoms in total. The van der Waals surface area contributed by atoms with E-state index in [1.807, 2.05) is 27.2 Å². The first kappa shape index (κ1) is 42.7. The Morgan fingerprint density at radius 1 is 0.773 bits per heavy atom. The summed E-state index contributed by atoms with van der Waals surface area (Å²) in [7, 11) is 1.23. The van der Waals surface area contributed by atoms with Gasteiger partial charge < -0.3 is 28.8 Å². The van der Waals surface area contributed by atoms with E-state index in [1.54, 1.807) is 6.08 Å². The highest BCUT2D eigenvalue weighted by molar-refractivity contribution is 7.45. The molecule has 0 heterocycles. The number of rotatable bonds is 30. The van der Waals surface area contributed by atoms with Crippen molar-refractivity contribution in [1.82, 2.24) is 5.32 Å². The second-order valence-corrected chi connectivity index (χ2v) is 14.3. The number of carbonyl (C=O) groups excluding carboxylic acids is 1. The van der Waals surface area contributed by atoms with E-state index in [2.05, 4.69) is 43.5 Å². The number of unbranched alkanes of at least 4 members (excludes halogenated alkanes) is 13. The maximum atomic E-state index is 12.7. The number of nitrogens with one attached hydrogen (secondary N) is 1. The quantitative estimate of drug-likeness (QED) is 0.0359. The molecule has 0 radical (unpaired) electrons. The fourth-order valence-electron chi connectivity index (χ4n) is 4.45. The van der Waals surface area contributed by atoms with E-state index < -0.39 is 26.6 Å². The molecule has 44 heavy (non-hydrogen) atoms. The maximum Gasteiger partial charge on any atom is 0.268 e. The maximum absolute atomic E-state index is 12.7. The van der Waals surface area contributed by atoms with E-state index in [1.165, 1.54) is 51.4 Å². The molecule has 0 aliphatic rings. The lowest BCUT2D eigenvalue weighted by Crippen LogP contribution is -2.45. The van der Waals surface area contributed by atoms with Crippen molar-refractivity contribution in [3.8, 4) is 0 Å². The highest BCUT2D eigenvalue weighted by Gasteiger charge is 2.23. The molecule has 0 rings (SSSR count). The van der Waals surface area contributed by atoms with Gasteiger partial charge in [-0.15, -0.1) is 0 Å². The number of phosphoric ester groups is 1. The standard InChI is InChI=1S/C35H67N2O6P/c1-6-8-10-12-14-16-17-18-19-21-23-25-27-29-35(39)36-33(32-43-44(40,41)42-31-30-37(3,4)5)34(38)28-26-24-22-20-15-13-11-9-7-2/h15-17,20,26,28,33-34,38H,6-14,18-19,21-25,27,29-32H2,1-5H3,(H-,36,39,40,41)/b17-16-,20-15+,28-26+. The number of phosphoric acid groups is 1. The van der Waals surface area contributed by atoms with Crippen LogP contribution in [0.3, 0.4) is 0 Å². The summed E-state index contributed by atoms with van der Waals surface area (Å²) in [6, 6.07) is -0.902. The topological polar surface area (TPSA) is 108 Å². The molecule has 0 aromatic heterocycles. The Kier molecular flexibility index (Phi) is 27.2. The number of likely N-dealkylation sites (N-methyl/N-ethyl adjacent to an activating group) is 1. The van der Waals surface area contributed by atoms with Gasteiger partial charge in [0.2, 0.25) is 5.91 Å². The van der Waals surface area contributed by atoms with Crippen LogP contribution in [0.25, 0.3) is 0 Å². The third-order valence-corrected chi connectivity index (χ3v) is 8.29. The van der Waals surface area contributed by atoms with Crippen molar-refractivity contribution >= 4 is 13.7 Å². The van der Waals surface area contributed by atoms with Gasteiger partial charge in [-0.1, -0.05) is 102 Å². The molecule has 3 unspecified atom stereocenters. The molecule has 0 spiro atoms. The summed E-state index contributed by atoms with van der Waals surface area (Å²) in [5.41, 5.74) is 0. The van der Waals surface area contributed by atoms with E-state index >= 15 is 0 Å². The Labute approximate surface area is 270 Å². The summed E-state index contributed by atoms with van der Waals surface area (Å²) in [6.07, 6.45) is 30.5. The van der Waals surface area contributed by atoms with Gasteiger partial charge in [0.05, 0.1) is 39.9 Å². The number of hydrogen-bond acceptors (Lipinski definition) is 6. The first-order chi connectivity index (χ1) is 21.0. The highest BCUT2D eigenvalue weighted by atomic mass is 31.2. The van der Waals surface area contributed by atoms with E-state index in [4.69, 9.17) is 9.05 Å². The van der Waals surface area contributed by atoms with Crippen LogP contribution in [0, 0.1) is 0 Å². The first-order valence-electron chi connectivity index (χ1n) is 17.4. The van der Waals surface area contributed by atoms with Gasteiger partial charge in [0, 0.05) is 6.42 Å². The number of hydrogen-bond donors (Lipinski definition) is 2. The molecule has 0 aliphatic carbocycles. The average molecular weight is 643 g/mol. The number of quaternary nitrogens is 1. The predicted octanol–water partition coefficient (Wildman–Crippen LogP) is 7.77. The molecule has 258 valence electrons. The Morgan fingerprint density at radius 3 is 1.89 bits per heavy atom. The third-order valence-electron chi connectivity index (χ3n) is 7.32. The van der Waals surface area contributed by atoms with Crippen LogP contribution in [-0.4, -0.2) is 68.5 Å². The zero-order valence-electron chi connectivity index (χ0n) is 28.9. The van der Waals surface area contributed by atoms with Gasteiger partial charge in [-0.3, -0.25) is 9.36 Å². The normalized spacial score (nSPS) is 15.3. The minimum Gasteiger partial charge on any atom is -0.756 e. The van der Waals surface area contributed by atoms with Crippen LogP contribution < -0.4 is 10.2 Å². The summed E-state index contributed by atoms with van der Waals surface area (Å²) < 4.78 is 22.9. The lowest BCUT2D eigenvalue weighted by atomic mass is 10.1. The lowest BCUT2D eigenvalue weighted by Gasteiger charge is -2.29. The summed E-state index contributed by atoms with van der Waals surface area (Å²) >= 11 is 0. The van der Waals surface area contributed by atoms with E-state index in [0.717, 1.165) is 57.8 Å². The molecule has 0 bridgehead atoms. The largest absolute Gasteiger partial charge is 0.756 e. The van der Waals surface area contributed by atoms with Crippen LogP contribution >= 0.6 is 7.82 Å². The van der Waals surface area contributed by atoms with Crippen molar-refractivity contribution in [1.29, 1.82) is 0 Å². The molecular weight excluding hydrogens is 575 g/mol. The van der Waals surface area contributed by atoms with Gasteiger partial charge in [-0.2, -0.15) is 0 Å². The molecule has 0 saturated carbocycles. The fourth-order valence-corrected chi connectivity index (χ4v) is 5.18. The second kappa shape index (κ2) is 28.0. The van der Waals surface area contributed by atoms with Crippen LogP contribution in [0.5, 0.6) is 0 Å². The monoisotopic (exact) mass is 642 g/mol. The van der Waals surface area contributed by atoms with Crippen LogP contribution in [0.4, 0.5) is 0 Å². The van der Waals surface area contributed by atoms with Crippen molar-refractivity contribution in [2.24, 2.45) is 0 Å². The molecule has 3 atom stereocenters. The van der Waals surface area contributed by atoms with Crippen LogP contribution in [0.1, 0.15) is 129 Å². The number of carbonyl (C=O) groups is 1. The summed E-state index contributed by atoms with van der Waals surface area (Å²) in [5.74, 6) is -0.223. The Hall–Kier alpha value is -1.28. The smallest absolute Gasteiger partial charge is 0.268 e. The van der Waals surface area contributed by atoms with Gasteiger partial charge in [-0.05, 0) is 57.8 Å². The van der Waals surface area contributed by atoms with Crippen LogP contribution in [-0.2, 0) is 18.4 Å². The van der Waals surface area contributed by atoms with E-state index in [0.29, 0.717) is 17.4 Å². The number of aliphatic hydroxyl groups excluding tert-OH is 1. The number of nitrogens with zero attached hydrogens (tertiary/aromatic N) is 1. The zero-order valence-corrected chi connectivity index (χ0v) is 29.7. The fraction of sp³-hybridized carbons (Fsp3) is 0.800. The second-order valence-electron chi connectivity index (χ2n) is 12.9. The third kappa shape index (κ3) is 29.4. The van der Waals surface area contributed by atoms with Crippen LogP contribution in [0.2, 0.25) is 0 Å². The molecule has 0 aliphatic heterocycles. The van der Waals surface area contributed by atoms with Gasteiger partial charge in [0.1, 0.15) is 13.2 Å². The van der Waals surface area contributed by atoms with Crippen molar-refractivity contribution in [2.75, 3.05) is 40.9 Å².